The standard InChI is InChI=1S/C23H21BrN2O2S/c24-21-11-10-18(29-21)16-25-12-14-26(15-13-25)23(28)20-9-5-4-8-19(20)22(27)17-6-2-1-3-7-17/h1-11H,12-16H2. The first-order valence-corrected chi connectivity index (χ1v) is 11.2. The molecule has 4 rings (SSSR count). The molecule has 2 aromatic carbocycles. The monoisotopic (exact) mass is 468 g/mol. The van der Waals surface area contributed by atoms with Gasteiger partial charge in [-0.3, -0.25) is 14.5 Å². The zero-order valence-corrected chi connectivity index (χ0v) is 18.3. The molecule has 0 unspecified atom stereocenters. The van der Waals surface area contributed by atoms with Gasteiger partial charge in [-0.15, -0.1) is 11.3 Å². The summed E-state index contributed by atoms with van der Waals surface area (Å²) >= 11 is 5.25. The van der Waals surface area contributed by atoms with Gasteiger partial charge in [-0.1, -0.05) is 48.5 Å². The van der Waals surface area contributed by atoms with Crippen LogP contribution < -0.4 is 0 Å². The van der Waals surface area contributed by atoms with Gasteiger partial charge in [0.2, 0.25) is 0 Å². The van der Waals surface area contributed by atoms with E-state index in [2.05, 4.69) is 33.0 Å². The highest BCUT2D eigenvalue weighted by Gasteiger charge is 2.25. The molecule has 0 aliphatic carbocycles. The molecule has 0 spiro atoms. The van der Waals surface area contributed by atoms with Gasteiger partial charge in [-0.25, -0.2) is 0 Å². The minimum Gasteiger partial charge on any atom is -0.336 e. The Bertz CT molecular complexity index is 1010. The van der Waals surface area contributed by atoms with Gasteiger partial charge in [0, 0.05) is 48.7 Å². The lowest BCUT2D eigenvalue weighted by atomic mass is 9.97. The van der Waals surface area contributed by atoms with E-state index in [1.807, 2.05) is 35.2 Å². The predicted octanol–water partition coefficient (Wildman–Crippen LogP) is 4.70. The topological polar surface area (TPSA) is 40.6 Å². The van der Waals surface area contributed by atoms with Crippen molar-refractivity contribution in [3.8, 4) is 0 Å². The molecule has 2 heterocycles. The van der Waals surface area contributed by atoms with Crippen LogP contribution in [0.3, 0.4) is 0 Å². The molecule has 1 aliphatic rings. The summed E-state index contributed by atoms with van der Waals surface area (Å²) < 4.78 is 1.14. The van der Waals surface area contributed by atoms with Gasteiger partial charge in [0.05, 0.1) is 9.35 Å². The van der Waals surface area contributed by atoms with E-state index in [1.54, 1.807) is 35.6 Å². The van der Waals surface area contributed by atoms with E-state index in [0.29, 0.717) is 29.8 Å². The molecule has 1 aliphatic heterocycles. The highest BCUT2D eigenvalue weighted by molar-refractivity contribution is 9.11. The van der Waals surface area contributed by atoms with E-state index in [0.717, 1.165) is 23.4 Å². The highest BCUT2D eigenvalue weighted by atomic mass is 79.9. The fourth-order valence-electron chi connectivity index (χ4n) is 3.55. The number of hydrogen-bond donors (Lipinski definition) is 0. The molecule has 0 radical (unpaired) electrons. The number of carbonyl (C=O) groups is 2. The molecule has 0 saturated carbocycles. The van der Waals surface area contributed by atoms with Gasteiger partial charge < -0.3 is 4.90 Å². The van der Waals surface area contributed by atoms with E-state index in [-0.39, 0.29) is 11.7 Å². The molecular weight excluding hydrogens is 448 g/mol. The van der Waals surface area contributed by atoms with E-state index in [4.69, 9.17) is 0 Å². The molecule has 148 valence electrons. The van der Waals surface area contributed by atoms with Crippen molar-refractivity contribution >= 4 is 39.0 Å². The molecule has 3 aromatic rings. The Morgan fingerprint density at radius 2 is 1.48 bits per heavy atom. The summed E-state index contributed by atoms with van der Waals surface area (Å²) in [7, 11) is 0. The number of halogens is 1. The zero-order valence-electron chi connectivity index (χ0n) is 15.9. The van der Waals surface area contributed by atoms with E-state index in [9.17, 15) is 9.59 Å². The molecule has 1 fully saturated rings. The van der Waals surface area contributed by atoms with Crippen LogP contribution in [0.1, 0.15) is 31.2 Å². The Hall–Kier alpha value is -2.28. The molecule has 0 bridgehead atoms. The Kier molecular flexibility index (Phi) is 6.23. The molecule has 1 saturated heterocycles. The summed E-state index contributed by atoms with van der Waals surface area (Å²) in [5.41, 5.74) is 1.55. The van der Waals surface area contributed by atoms with Crippen molar-refractivity contribution in [2.75, 3.05) is 26.2 Å². The number of benzene rings is 2. The molecule has 1 aromatic heterocycles. The smallest absolute Gasteiger partial charge is 0.254 e. The van der Waals surface area contributed by atoms with Crippen LogP contribution in [0.15, 0.2) is 70.5 Å². The fraction of sp³-hybridized carbons (Fsp3) is 0.217. The maximum Gasteiger partial charge on any atom is 0.254 e. The summed E-state index contributed by atoms with van der Waals surface area (Å²) in [5, 5.41) is 0. The molecule has 6 heteroatoms. The second-order valence-corrected chi connectivity index (χ2v) is 9.56. The van der Waals surface area contributed by atoms with Crippen LogP contribution in [-0.4, -0.2) is 47.7 Å². The predicted molar refractivity (Wildman–Crippen MR) is 120 cm³/mol. The fourth-order valence-corrected chi connectivity index (χ4v) is 5.07. The van der Waals surface area contributed by atoms with Crippen LogP contribution in [0.4, 0.5) is 0 Å². The van der Waals surface area contributed by atoms with Crippen molar-refractivity contribution in [2.45, 2.75) is 6.54 Å². The second-order valence-electron chi connectivity index (χ2n) is 7.01. The van der Waals surface area contributed by atoms with Crippen LogP contribution in [0, 0.1) is 0 Å². The first-order chi connectivity index (χ1) is 14.1. The lowest BCUT2D eigenvalue weighted by molar-refractivity contribution is 0.0627. The number of thiophene rings is 1. The number of carbonyl (C=O) groups excluding carboxylic acids is 2. The van der Waals surface area contributed by atoms with Crippen molar-refractivity contribution in [1.82, 2.24) is 9.80 Å². The van der Waals surface area contributed by atoms with E-state index >= 15 is 0 Å². The molecule has 29 heavy (non-hydrogen) atoms. The quantitative estimate of drug-likeness (QED) is 0.509. The van der Waals surface area contributed by atoms with Crippen LogP contribution in [0.5, 0.6) is 0 Å². The van der Waals surface area contributed by atoms with Gasteiger partial charge in [0.1, 0.15) is 0 Å². The van der Waals surface area contributed by atoms with Crippen molar-refractivity contribution in [3.05, 3.63) is 92.1 Å². The zero-order chi connectivity index (χ0) is 20.2. The Balaban J connectivity index is 1.45. The molecule has 0 N–H and O–H groups in total. The largest absolute Gasteiger partial charge is 0.336 e. The Morgan fingerprint density at radius 1 is 0.828 bits per heavy atom. The summed E-state index contributed by atoms with van der Waals surface area (Å²) in [5.74, 6) is -0.181. The minimum atomic E-state index is -0.114. The summed E-state index contributed by atoms with van der Waals surface area (Å²) in [4.78, 5) is 31.6. The van der Waals surface area contributed by atoms with Gasteiger partial charge in [0.25, 0.3) is 5.91 Å². The molecule has 4 nitrogen and oxygen atoms in total. The van der Waals surface area contributed by atoms with E-state index < -0.39 is 0 Å². The molecular formula is C23H21BrN2O2S. The molecule has 1 amide bonds. The summed E-state index contributed by atoms with van der Waals surface area (Å²) in [6.07, 6.45) is 0. The van der Waals surface area contributed by atoms with Crippen molar-refractivity contribution < 1.29 is 9.59 Å². The van der Waals surface area contributed by atoms with Gasteiger partial charge in [-0.2, -0.15) is 0 Å². The Morgan fingerprint density at radius 3 is 2.14 bits per heavy atom. The maximum absolute atomic E-state index is 13.2. The van der Waals surface area contributed by atoms with Crippen LogP contribution >= 0.6 is 27.3 Å². The highest BCUT2D eigenvalue weighted by Crippen LogP contribution is 2.24. The number of amides is 1. The number of piperazine rings is 1. The normalized spacial score (nSPS) is 14.7. The first kappa shape index (κ1) is 20.0. The number of rotatable bonds is 5. The summed E-state index contributed by atoms with van der Waals surface area (Å²) in [6, 6.07) is 20.5. The van der Waals surface area contributed by atoms with Crippen molar-refractivity contribution in [2.24, 2.45) is 0 Å². The van der Waals surface area contributed by atoms with Crippen molar-refractivity contribution in [1.29, 1.82) is 0 Å². The third kappa shape index (κ3) is 4.66. The van der Waals surface area contributed by atoms with Gasteiger partial charge in [0.15, 0.2) is 5.78 Å². The average molecular weight is 469 g/mol. The SMILES string of the molecule is O=C(c1ccccc1)c1ccccc1C(=O)N1CCN(Cc2ccc(Br)s2)CC1. The summed E-state index contributed by atoms with van der Waals surface area (Å²) in [6.45, 7) is 3.89. The minimum absolute atomic E-state index is 0.0663. The van der Waals surface area contributed by atoms with Gasteiger partial charge >= 0.3 is 0 Å². The number of hydrogen-bond acceptors (Lipinski definition) is 4. The van der Waals surface area contributed by atoms with Crippen LogP contribution in [-0.2, 0) is 6.54 Å². The van der Waals surface area contributed by atoms with E-state index in [1.165, 1.54) is 4.88 Å². The maximum atomic E-state index is 13.2. The average Bonchev–Trinajstić information content (AvgIpc) is 3.18. The van der Waals surface area contributed by atoms with Crippen LogP contribution in [0.2, 0.25) is 0 Å². The lowest BCUT2D eigenvalue weighted by Crippen LogP contribution is -2.48. The van der Waals surface area contributed by atoms with Gasteiger partial charge in [-0.05, 0) is 34.1 Å². The lowest BCUT2D eigenvalue weighted by Gasteiger charge is -2.34. The third-order valence-electron chi connectivity index (χ3n) is 5.11. The molecule has 0 atom stereocenters. The third-order valence-corrected chi connectivity index (χ3v) is 6.71. The first-order valence-electron chi connectivity index (χ1n) is 9.56. The number of nitrogens with zero attached hydrogens (tertiary/aromatic N) is 2. The van der Waals surface area contributed by atoms with Crippen molar-refractivity contribution in [3.63, 3.8) is 0 Å². The second kappa shape index (κ2) is 9.03. The van der Waals surface area contributed by atoms with Crippen LogP contribution in [0.25, 0.3) is 0 Å². The number of ketones is 1. The Labute approximate surface area is 182 Å².